The Morgan fingerprint density at radius 1 is 0.321 bits per heavy atom. The van der Waals surface area contributed by atoms with Gasteiger partial charge >= 0.3 is 190 Å². The second-order valence-corrected chi connectivity index (χ2v) is 21.1. The van der Waals surface area contributed by atoms with E-state index in [9.17, 15) is 87.8 Å². The van der Waals surface area contributed by atoms with Gasteiger partial charge in [-0.1, -0.05) is 0 Å². The minimum atomic E-state index is -8.89. The van der Waals surface area contributed by atoms with Gasteiger partial charge in [-0.25, -0.2) is 70.2 Å². The quantitative estimate of drug-likeness (QED) is 0.0357. The number of rotatable bonds is 14. The first kappa shape index (κ1) is 66.0. The number of hydrogen-bond acceptors (Lipinski definition) is 3. The van der Waals surface area contributed by atoms with Crippen LogP contribution in [0.5, 0.6) is 5.75 Å². The average molecular weight is 1310 g/mol. The molecule has 7 aromatic rings. The average Bonchev–Trinajstić information content (AvgIpc) is 0.785. The van der Waals surface area contributed by atoms with Crippen LogP contribution in [0.3, 0.4) is 0 Å². The van der Waals surface area contributed by atoms with Crippen LogP contribution in [0, 0.1) is 93.1 Å². The second kappa shape index (κ2) is 24.8. The Hall–Kier alpha value is -7.12. The number of hydrogen-bond donors (Lipinski definition) is 0. The summed E-state index contributed by atoms with van der Waals surface area (Å²) in [6, 6.07) is 29.9. The molecule has 0 radical (unpaired) electrons. The molecule has 3 nitrogen and oxygen atoms in total. The molecule has 0 unspecified atom stereocenters. The van der Waals surface area contributed by atoms with E-state index in [1.165, 1.54) is 13.4 Å². The molecule has 0 aliphatic rings. The maximum Gasteiger partial charge on any atom is 0.416 e. The molecule has 33 heteroatoms. The summed E-state index contributed by atoms with van der Waals surface area (Å²) in [5, 5.41) is 0. The summed E-state index contributed by atoms with van der Waals surface area (Å²) in [6.45, 7) is 2.28. The van der Waals surface area contributed by atoms with E-state index < -0.39 is 182 Å². The van der Waals surface area contributed by atoms with E-state index in [4.69, 9.17) is 14.2 Å². The predicted molar refractivity (Wildman–Crippen MR) is 242 cm³/mol. The van der Waals surface area contributed by atoms with Gasteiger partial charge in [0.1, 0.15) is 29.4 Å². The molecule has 0 bridgehead atoms. The van der Waals surface area contributed by atoms with Gasteiger partial charge in [0.2, 0.25) is 0 Å². The van der Waals surface area contributed by atoms with Gasteiger partial charge in [-0.3, -0.25) is 0 Å². The maximum atomic E-state index is 16.0. The Balaban J connectivity index is 0.000000347. The standard InChI is InChI=1S/C28BF28.C23H25O3Se/c30-9-1(25(46,47)48)5(13(34)21(42)17(9)38)29(6-2(26(49,50)51)10(31)18(39)22(43)14(6)35,7-3(27(52,53)54)11(32)19(40)23(44)15(7)36)8-4(28(55,56)57)12(33)20(41)24(45)16(8)37;1-24-16-17-25-18-19-26-22-14-8-9-15-23(22)27(20-10-4-2-5-11-20)21-12-6-3-7-13-21/h;2-15H,16-19H2,1H3/q-1;+1. The minimum Gasteiger partial charge on any atom is -0.207 e. The van der Waals surface area contributed by atoms with Crippen molar-refractivity contribution in [3.63, 3.8) is 0 Å². The largest absolute Gasteiger partial charge is 0.416 e. The molecule has 0 aromatic heterocycles. The Morgan fingerprint density at radius 2 is 0.583 bits per heavy atom. The first-order chi connectivity index (χ1) is 38.9. The van der Waals surface area contributed by atoms with Crippen molar-refractivity contribution in [2.75, 3.05) is 33.5 Å². The van der Waals surface area contributed by atoms with Crippen LogP contribution in [0.1, 0.15) is 22.3 Å². The van der Waals surface area contributed by atoms with Crippen LogP contribution >= 0.6 is 0 Å². The first-order valence-corrected chi connectivity index (χ1v) is 25.0. The van der Waals surface area contributed by atoms with Crippen molar-refractivity contribution in [1.29, 1.82) is 0 Å². The van der Waals surface area contributed by atoms with Gasteiger partial charge in [-0.05, 0) is 0 Å². The summed E-state index contributed by atoms with van der Waals surface area (Å²) in [5.74, 6) is -68.8. The number of benzene rings is 7. The smallest absolute Gasteiger partial charge is 0.207 e. The Labute approximate surface area is 455 Å². The summed E-state index contributed by atoms with van der Waals surface area (Å²) < 4.78 is 438. The van der Waals surface area contributed by atoms with Crippen molar-refractivity contribution >= 4 is 55.3 Å². The minimum absolute atomic E-state index is 0.531. The molecule has 84 heavy (non-hydrogen) atoms. The molecule has 0 N–H and O–H groups in total. The van der Waals surface area contributed by atoms with Crippen LogP contribution in [0.4, 0.5) is 123 Å². The van der Waals surface area contributed by atoms with Gasteiger partial charge in [0.05, 0.1) is 22.3 Å². The van der Waals surface area contributed by atoms with Crippen LogP contribution in [0.15, 0.2) is 84.9 Å². The molecule has 0 spiro atoms. The van der Waals surface area contributed by atoms with Crippen molar-refractivity contribution in [2.24, 2.45) is 0 Å². The zero-order valence-electron chi connectivity index (χ0n) is 40.7. The SMILES string of the molecule is COCCOCCOc1ccccc1[Se+](c1ccccc1)c1ccccc1.Fc1c(F)c(F)c(C(F)(F)F)c([B-](c2c(F)c(F)c(F)c(F)c2C(F)(F)F)(c2c(F)c(F)c(F)c(F)c2C(F)(F)F)c2c(F)c(F)c(F)c(F)c2C(F)(F)F)c1F. The second-order valence-electron chi connectivity index (χ2n) is 16.9. The first-order valence-electron chi connectivity index (χ1n) is 22.5. The molecular formula is C51H25BF28O3Se. The molecule has 0 saturated carbocycles. The van der Waals surface area contributed by atoms with Crippen molar-refractivity contribution in [3.8, 4) is 5.75 Å². The van der Waals surface area contributed by atoms with E-state index in [1.807, 2.05) is 6.07 Å². The van der Waals surface area contributed by atoms with E-state index in [0.29, 0.717) is 26.4 Å². The fourth-order valence-electron chi connectivity index (χ4n) is 8.89. The van der Waals surface area contributed by atoms with E-state index >= 15 is 35.1 Å². The number of methoxy groups -OCH3 is 1. The van der Waals surface area contributed by atoms with Crippen LogP contribution < -0.4 is 40.0 Å². The van der Waals surface area contributed by atoms with Crippen molar-refractivity contribution in [2.45, 2.75) is 24.7 Å². The topological polar surface area (TPSA) is 27.7 Å². The zero-order valence-corrected chi connectivity index (χ0v) is 42.4. The molecule has 452 valence electrons. The van der Waals surface area contributed by atoms with E-state index in [1.54, 1.807) is 7.11 Å². The van der Waals surface area contributed by atoms with Gasteiger partial charge in [-0.15, -0.1) is 21.9 Å². The molecule has 0 aliphatic carbocycles. The third-order valence-electron chi connectivity index (χ3n) is 12.0. The normalized spacial score (nSPS) is 12.5. The Morgan fingerprint density at radius 3 is 0.869 bits per heavy atom. The fraction of sp³-hybridized carbons (Fsp3) is 0.176. The third-order valence-corrected chi connectivity index (χ3v) is 16.8. The monoisotopic (exact) mass is 1310 g/mol. The van der Waals surface area contributed by atoms with Crippen LogP contribution in [-0.4, -0.2) is 53.6 Å². The summed E-state index contributed by atoms with van der Waals surface area (Å²) in [7, 11) is 1.67. The molecule has 7 rings (SSSR count). The number of halogens is 28. The third kappa shape index (κ3) is 12.1. The maximum absolute atomic E-state index is 16.0. The van der Waals surface area contributed by atoms with Gasteiger partial charge in [-0.2, -0.15) is 52.7 Å². The van der Waals surface area contributed by atoms with E-state index in [0.717, 1.165) is 5.75 Å². The van der Waals surface area contributed by atoms with Crippen molar-refractivity contribution < 1.29 is 137 Å². The van der Waals surface area contributed by atoms with Crippen LogP contribution in [0.2, 0.25) is 0 Å². The summed E-state index contributed by atoms with van der Waals surface area (Å²) in [6.07, 6.45) is -39.5. The number of alkyl halides is 12. The molecule has 0 saturated heterocycles. The van der Waals surface area contributed by atoms with Crippen molar-refractivity contribution in [3.05, 3.63) is 200 Å². The molecule has 0 atom stereocenters. The van der Waals surface area contributed by atoms with Crippen LogP contribution in [0.25, 0.3) is 0 Å². The fourth-order valence-corrected chi connectivity index (χ4v) is 13.5. The van der Waals surface area contributed by atoms with Gasteiger partial charge in [0.15, 0.2) is 69.8 Å². The Bertz CT molecular complexity index is 3220. The van der Waals surface area contributed by atoms with E-state index in [-0.39, 0.29) is 0 Å². The molecule has 0 fully saturated rings. The summed E-state index contributed by atoms with van der Waals surface area (Å²) in [5.41, 5.74) is -38.1. The number of para-hydroxylation sites is 1. The molecule has 0 aliphatic heterocycles. The zero-order chi connectivity index (χ0) is 63.1. The molecular weight excluding hydrogens is 1280 g/mol. The number of ether oxygens (including phenoxy) is 3. The predicted octanol–water partition coefficient (Wildman–Crippen LogP) is 11.6. The van der Waals surface area contributed by atoms with Gasteiger partial charge < -0.3 is 0 Å². The molecule has 0 amide bonds. The van der Waals surface area contributed by atoms with E-state index in [2.05, 4.69) is 78.9 Å². The van der Waals surface area contributed by atoms with Crippen LogP contribution in [-0.2, 0) is 34.2 Å². The van der Waals surface area contributed by atoms with Gasteiger partial charge in [0.25, 0.3) is 0 Å². The summed E-state index contributed by atoms with van der Waals surface area (Å²) in [4.78, 5) is 0. The van der Waals surface area contributed by atoms with Crippen molar-refractivity contribution in [1.82, 2.24) is 0 Å². The Kier molecular flexibility index (Phi) is 19.5. The summed E-state index contributed by atoms with van der Waals surface area (Å²) >= 11 is -1.43. The molecule has 0 heterocycles. The molecule has 7 aromatic carbocycles. The van der Waals surface area contributed by atoms with Gasteiger partial charge in [0, 0.05) is 0 Å².